The second kappa shape index (κ2) is 10.1. The highest BCUT2D eigenvalue weighted by Crippen LogP contribution is 2.18. The molecule has 0 fully saturated rings. The molecule has 3 aromatic rings. The monoisotopic (exact) mass is 404 g/mol. The zero-order valence-electron chi connectivity index (χ0n) is 17.0. The summed E-state index contributed by atoms with van der Waals surface area (Å²) in [6.45, 7) is 2.90. The van der Waals surface area contributed by atoms with Gasteiger partial charge in [-0.05, 0) is 61.0 Å². The van der Waals surface area contributed by atoms with Crippen molar-refractivity contribution in [3.05, 3.63) is 89.5 Å². The molecule has 0 spiro atoms. The Labute approximate surface area is 175 Å². The fourth-order valence-corrected chi connectivity index (χ4v) is 2.87. The van der Waals surface area contributed by atoms with Gasteiger partial charge in [-0.1, -0.05) is 24.3 Å². The molecule has 6 nitrogen and oxygen atoms in total. The maximum Gasteiger partial charge on any atom is 0.255 e. The van der Waals surface area contributed by atoms with Gasteiger partial charge in [-0.3, -0.25) is 9.59 Å². The van der Waals surface area contributed by atoms with Crippen LogP contribution in [0.3, 0.4) is 0 Å². The number of carbonyl (C=O) groups excluding carboxylic acids is 2. The summed E-state index contributed by atoms with van der Waals surface area (Å²) in [6.07, 6.45) is 0. The lowest BCUT2D eigenvalue weighted by atomic mass is 10.1. The number of ether oxygens (including phenoxy) is 2. The van der Waals surface area contributed by atoms with E-state index in [2.05, 4.69) is 10.6 Å². The Morgan fingerprint density at radius 3 is 2.17 bits per heavy atom. The molecule has 3 aromatic carbocycles. The van der Waals surface area contributed by atoms with Gasteiger partial charge in [0.2, 0.25) is 0 Å². The Hall–Kier alpha value is -3.80. The van der Waals surface area contributed by atoms with Crippen LogP contribution in [0.5, 0.6) is 11.5 Å². The van der Waals surface area contributed by atoms with Crippen LogP contribution in [0, 0.1) is 0 Å². The molecule has 0 atom stereocenters. The van der Waals surface area contributed by atoms with Crippen molar-refractivity contribution < 1.29 is 19.1 Å². The van der Waals surface area contributed by atoms with Crippen molar-refractivity contribution in [3.63, 3.8) is 0 Å². The van der Waals surface area contributed by atoms with E-state index in [1.54, 1.807) is 55.6 Å². The molecule has 3 rings (SSSR count). The summed E-state index contributed by atoms with van der Waals surface area (Å²) < 4.78 is 10.5. The first-order chi connectivity index (χ1) is 14.6. The van der Waals surface area contributed by atoms with Crippen LogP contribution in [-0.4, -0.2) is 25.5 Å². The smallest absolute Gasteiger partial charge is 0.255 e. The van der Waals surface area contributed by atoms with Crippen LogP contribution in [0.2, 0.25) is 0 Å². The maximum atomic E-state index is 12.7. The highest BCUT2D eigenvalue weighted by atomic mass is 16.5. The van der Waals surface area contributed by atoms with Gasteiger partial charge in [-0.15, -0.1) is 0 Å². The molecule has 0 bridgehead atoms. The molecule has 0 saturated carbocycles. The van der Waals surface area contributed by atoms with Gasteiger partial charge in [-0.25, -0.2) is 0 Å². The van der Waals surface area contributed by atoms with E-state index in [1.807, 2.05) is 31.2 Å². The molecule has 154 valence electrons. The number of hydrogen-bond donors (Lipinski definition) is 2. The van der Waals surface area contributed by atoms with E-state index in [0.29, 0.717) is 35.7 Å². The van der Waals surface area contributed by atoms with Crippen molar-refractivity contribution in [1.29, 1.82) is 0 Å². The van der Waals surface area contributed by atoms with Crippen molar-refractivity contribution in [2.45, 2.75) is 13.5 Å². The molecule has 0 saturated heterocycles. The van der Waals surface area contributed by atoms with E-state index in [0.717, 1.165) is 11.3 Å². The van der Waals surface area contributed by atoms with E-state index in [4.69, 9.17) is 9.47 Å². The van der Waals surface area contributed by atoms with Crippen molar-refractivity contribution >= 4 is 17.5 Å². The van der Waals surface area contributed by atoms with Gasteiger partial charge in [0.25, 0.3) is 11.8 Å². The first kappa shape index (κ1) is 20.9. The molecule has 0 heterocycles. The number of benzene rings is 3. The molecule has 0 radical (unpaired) electrons. The first-order valence-electron chi connectivity index (χ1n) is 9.65. The zero-order chi connectivity index (χ0) is 21.3. The van der Waals surface area contributed by atoms with Crippen LogP contribution < -0.4 is 20.1 Å². The van der Waals surface area contributed by atoms with Crippen LogP contribution in [-0.2, 0) is 6.54 Å². The molecule has 2 amide bonds. The second-order valence-corrected chi connectivity index (χ2v) is 6.49. The minimum absolute atomic E-state index is 0.269. The molecule has 2 N–H and O–H groups in total. The molecule has 0 aliphatic heterocycles. The molecule has 6 heteroatoms. The van der Waals surface area contributed by atoms with E-state index in [1.165, 1.54) is 0 Å². The fourth-order valence-electron chi connectivity index (χ4n) is 2.87. The Morgan fingerprint density at radius 1 is 0.833 bits per heavy atom. The quantitative estimate of drug-likeness (QED) is 0.588. The number of hydrogen-bond acceptors (Lipinski definition) is 4. The predicted molar refractivity (Wildman–Crippen MR) is 116 cm³/mol. The fraction of sp³-hybridized carbons (Fsp3) is 0.167. The molecule has 0 aliphatic rings. The Kier molecular flexibility index (Phi) is 7.05. The third-order valence-corrected chi connectivity index (χ3v) is 4.46. The van der Waals surface area contributed by atoms with Gasteiger partial charge in [0.15, 0.2) is 0 Å². The largest absolute Gasteiger partial charge is 0.497 e. The third kappa shape index (κ3) is 5.38. The van der Waals surface area contributed by atoms with Crippen molar-refractivity contribution in [2.24, 2.45) is 0 Å². The number of carbonyl (C=O) groups is 2. The number of rotatable bonds is 8. The number of nitrogens with one attached hydrogen (secondary N) is 2. The third-order valence-electron chi connectivity index (χ3n) is 4.46. The van der Waals surface area contributed by atoms with Crippen LogP contribution in [0.25, 0.3) is 0 Å². The summed E-state index contributed by atoms with van der Waals surface area (Å²) in [6, 6.07) is 21.2. The summed E-state index contributed by atoms with van der Waals surface area (Å²) in [5.41, 5.74) is 2.26. The lowest BCUT2D eigenvalue weighted by Gasteiger charge is -2.12. The average molecular weight is 404 g/mol. The Bertz CT molecular complexity index is 998. The van der Waals surface area contributed by atoms with Gasteiger partial charge < -0.3 is 20.1 Å². The van der Waals surface area contributed by atoms with E-state index < -0.39 is 0 Å². The maximum absolute atomic E-state index is 12.7. The predicted octanol–water partition coefficient (Wildman–Crippen LogP) is 4.28. The van der Waals surface area contributed by atoms with Crippen molar-refractivity contribution in [2.75, 3.05) is 19.0 Å². The van der Waals surface area contributed by atoms with Gasteiger partial charge in [0.1, 0.15) is 11.5 Å². The molecular formula is C24H24N2O4. The average Bonchev–Trinajstić information content (AvgIpc) is 2.79. The molecule has 0 aliphatic carbocycles. The standard InChI is InChI=1S/C24H24N2O4/c1-3-30-20-12-8-17(9-13-20)16-25-24(28)21-6-4-5-7-22(21)26-23(27)18-10-14-19(29-2)15-11-18/h4-15H,3,16H2,1-2H3,(H,25,28)(H,26,27). The molecular weight excluding hydrogens is 380 g/mol. The highest BCUT2D eigenvalue weighted by Gasteiger charge is 2.14. The highest BCUT2D eigenvalue weighted by molar-refractivity contribution is 6.09. The summed E-state index contributed by atoms with van der Waals surface area (Å²) in [4.78, 5) is 25.3. The first-order valence-corrected chi connectivity index (χ1v) is 9.65. The minimum Gasteiger partial charge on any atom is -0.497 e. The van der Waals surface area contributed by atoms with E-state index in [-0.39, 0.29) is 11.8 Å². The lowest BCUT2D eigenvalue weighted by molar-refractivity contribution is 0.0952. The van der Waals surface area contributed by atoms with E-state index >= 15 is 0 Å². The van der Waals surface area contributed by atoms with Crippen LogP contribution >= 0.6 is 0 Å². The number of methoxy groups -OCH3 is 1. The molecule has 30 heavy (non-hydrogen) atoms. The van der Waals surface area contributed by atoms with Gasteiger partial charge in [0, 0.05) is 12.1 Å². The van der Waals surface area contributed by atoms with Crippen LogP contribution in [0.15, 0.2) is 72.8 Å². The summed E-state index contributed by atoms with van der Waals surface area (Å²) in [7, 11) is 1.57. The van der Waals surface area contributed by atoms with Crippen LogP contribution in [0.4, 0.5) is 5.69 Å². The van der Waals surface area contributed by atoms with E-state index in [9.17, 15) is 9.59 Å². The topological polar surface area (TPSA) is 76.7 Å². The summed E-state index contributed by atoms with van der Waals surface area (Å²) >= 11 is 0. The van der Waals surface area contributed by atoms with Crippen molar-refractivity contribution in [1.82, 2.24) is 5.32 Å². The molecule has 0 unspecified atom stereocenters. The normalized spacial score (nSPS) is 10.2. The minimum atomic E-state index is -0.301. The Morgan fingerprint density at radius 2 is 1.50 bits per heavy atom. The van der Waals surface area contributed by atoms with Gasteiger partial charge >= 0.3 is 0 Å². The Balaban J connectivity index is 1.66. The summed E-state index contributed by atoms with van der Waals surface area (Å²) in [5, 5.41) is 5.70. The van der Waals surface area contributed by atoms with Crippen LogP contribution in [0.1, 0.15) is 33.2 Å². The number of amides is 2. The number of anilines is 1. The second-order valence-electron chi connectivity index (χ2n) is 6.49. The summed E-state index contributed by atoms with van der Waals surface area (Å²) in [5.74, 6) is 0.888. The number of para-hydroxylation sites is 1. The molecule has 0 aromatic heterocycles. The zero-order valence-corrected chi connectivity index (χ0v) is 17.0. The van der Waals surface area contributed by atoms with Gasteiger partial charge in [0.05, 0.1) is 25.0 Å². The van der Waals surface area contributed by atoms with Gasteiger partial charge in [-0.2, -0.15) is 0 Å². The SMILES string of the molecule is CCOc1ccc(CNC(=O)c2ccccc2NC(=O)c2ccc(OC)cc2)cc1. The van der Waals surface area contributed by atoms with Crippen molar-refractivity contribution in [3.8, 4) is 11.5 Å². The lowest BCUT2D eigenvalue weighted by Crippen LogP contribution is -2.24.